The van der Waals surface area contributed by atoms with E-state index in [1.807, 2.05) is 6.07 Å². The summed E-state index contributed by atoms with van der Waals surface area (Å²) in [7, 11) is 3.86. The first kappa shape index (κ1) is 12.1. The monoisotopic (exact) mass is 207 g/mol. The summed E-state index contributed by atoms with van der Waals surface area (Å²) in [6.45, 7) is 7.44. The van der Waals surface area contributed by atoms with Crippen molar-refractivity contribution in [2.75, 3.05) is 14.2 Å². The third-order valence-electron chi connectivity index (χ3n) is 2.74. The topological polar surface area (TPSA) is 12.5 Å². The maximum atomic E-state index is 5.35. The SMILES string of the molecule is COc1ccc(C)cc1CN(C)C(C)C. The lowest BCUT2D eigenvalue weighted by Crippen LogP contribution is -2.25. The van der Waals surface area contributed by atoms with E-state index in [4.69, 9.17) is 4.74 Å². The number of hydrogen-bond donors (Lipinski definition) is 0. The molecular formula is C13H21NO. The second-order valence-electron chi connectivity index (χ2n) is 4.32. The van der Waals surface area contributed by atoms with Crippen LogP contribution in [0.25, 0.3) is 0 Å². The van der Waals surface area contributed by atoms with Crippen LogP contribution >= 0.6 is 0 Å². The second-order valence-corrected chi connectivity index (χ2v) is 4.32. The van der Waals surface area contributed by atoms with E-state index in [0.29, 0.717) is 6.04 Å². The fourth-order valence-corrected chi connectivity index (χ4v) is 1.48. The van der Waals surface area contributed by atoms with Gasteiger partial charge in [-0.05, 0) is 33.9 Å². The highest BCUT2D eigenvalue weighted by Crippen LogP contribution is 2.21. The molecule has 15 heavy (non-hydrogen) atoms. The Bertz CT molecular complexity index is 320. The lowest BCUT2D eigenvalue weighted by molar-refractivity contribution is 0.261. The van der Waals surface area contributed by atoms with Gasteiger partial charge in [-0.1, -0.05) is 17.7 Å². The van der Waals surface area contributed by atoms with E-state index >= 15 is 0 Å². The Kier molecular flexibility index (Phi) is 4.15. The van der Waals surface area contributed by atoms with Crippen LogP contribution in [0.15, 0.2) is 18.2 Å². The molecule has 0 aromatic heterocycles. The molecule has 0 fully saturated rings. The Balaban J connectivity index is 2.87. The zero-order chi connectivity index (χ0) is 11.4. The van der Waals surface area contributed by atoms with Crippen LogP contribution in [0.5, 0.6) is 5.75 Å². The molecule has 0 heterocycles. The van der Waals surface area contributed by atoms with Crippen LogP contribution in [-0.2, 0) is 6.54 Å². The summed E-state index contributed by atoms with van der Waals surface area (Å²) in [5, 5.41) is 0. The number of benzene rings is 1. The Morgan fingerprint density at radius 3 is 2.53 bits per heavy atom. The number of methoxy groups -OCH3 is 1. The predicted molar refractivity (Wildman–Crippen MR) is 64.3 cm³/mol. The van der Waals surface area contributed by atoms with Crippen molar-refractivity contribution in [2.45, 2.75) is 33.4 Å². The van der Waals surface area contributed by atoms with Crippen LogP contribution < -0.4 is 4.74 Å². The third-order valence-corrected chi connectivity index (χ3v) is 2.74. The minimum atomic E-state index is 0.551. The Hall–Kier alpha value is -1.02. The molecule has 84 valence electrons. The average molecular weight is 207 g/mol. The standard InChI is InChI=1S/C13H21NO/c1-10(2)14(4)9-12-8-11(3)6-7-13(12)15-5/h6-8,10H,9H2,1-5H3. The summed E-state index contributed by atoms with van der Waals surface area (Å²) in [4.78, 5) is 2.30. The zero-order valence-electron chi connectivity index (χ0n) is 10.4. The van der Waals surface area contributed by atoms with Gasteiger partial charge in [-0.25, -0.2) is 0 Å². The fraction of sp³-hybridized carbons (Fsp3) is 0.538. The van der Waals surface area contributed by atoms with Gasteiger partial charge in [-0.3, -0.25) is 4.90 Å². The van der Waals surface area contributed by atoms with Gasteiger partial charge in [0.2, 0.25) is 0 Å². The zero-order valence-corrected chi connectivity index (χ0v) is 10.4. The summed E-state index contributed by atoms with van der Waals surface area (Å²) >= 11 is 0. The molecule has 0 unspecified atom stereocenters. The van der Waals surface area contributed by atoms with Crippen LogP contribution in [0.1, 0.15) is 25.0 Å². The molecule has 1 aromatic rings. The molecule has 0 radical (unpaired) electrons. The van der Waals surface area contributed by atoms with Gasteiger partial charge in [0, 0.05) is 18.2 Å². The molecule has 0 atom stereocenters. The average Bonchev–Trinajstić information content (AvgIpc) is 2.18. The molecule has 1 rings (SSSR count). The first-order valence-electron chi connectivity index (χ1n) is 5.38. The van der Waals surface area contributed by atoms with E-state index in [2.05, 4.69) is 44.9 Å². The van der Waals surface area contributed by atoms with Gasteiger partial charge in [0.1, 0.15) is 5.75 Å². The Morgan fingerprint density at radius 2 is 2.00 bits per heavy atom. The minimum absolute atomic E-state index is 0.551. The van der Waals surface area contributed by atoms with E-state index in [9.17, 15) is 0 Å². The molecule has 0 saturated carbocycles. The number of aryl methyl sites for hydroxylation is 1. The van der Waals surface area contributed by atoms with Crippen LogP contribution in [0, 0.1) is 6.92 Å². The summed E-state index contributed by atoms with van der Waals surface area (Å²) in [6, 6.07) is 6.86. The summed E-state index contributed by atoms with van der Waals surface area (Å²) in [6.07, 6.45) is 0. The highest BCUT2D eigenvalue weighted by Gasteiger charge is 2.08. The molecule has 0 N–H and O–H groups in total. The van der Waals surface area contributed by atoms with Gasteiger partial charge in [0.05, 0.1) is 7.11 Å². The highest BCUT2D eigenvalue weighted by molar-refractivity contribution is 5.36. The van der Waals surface area contributed by atoms with Crippen molar-refractivity contribution < 1.29 is 4.74 Å². The van der Waals surface area contributed by atoms with Crippen molar-refractivity contribution in [1.82, 2.24) is 4.90 Å². The molecule has 0 amide bonds. The Morgan fingerprint density at radius 1 is 1.33 bits per heavy atom. The quantitative estimate of drug-likeness (QED) is 0.752. The maximum absolute atomic E-state index is 5.35. The van der Waals surface area contributed by atoms with E-state index in [1.165, 1.54) is 11.1 Å². The first-order valence-corrected chi connectivity index (χ1v) is 5.38. The summed E-state index contributed by atoms with van der Waals surface area (Å²) in [5.41, 5.74) is 2.54. The van der Waals surface area contributed by atoms with Gasteiger partial charge in [0.15, 0.2) is 0 Å². The molecule has 2 nitrogen and oxygen atoms in total. The lowest BCUT2D eigenvalue weighted by Gasteiger charge is -2.22. The van der Waals surface area contributed by atoms with Crippen molar-refractivity contribution in [3.05, 3.63) is 29.3 Å². The second kappa shape index (κ2) is 5.17. The normalized spacial score (nSPS) is 11.1. The Labute approximate surface area is 92.9 Å². The highest BCUT2D eigenvalue weighted by atomic mass is 16.5. The van der Waals surface area contributed by atoms with Crippen LogP contribution in [0.2, 0.25) is 0 Å². The van der Waals surface area contributed by atoms with Gasteiger partial charge in [-0.15, -0.1) is 0 Å². The first-order chi connectivity index (χ1) is 7.04. The van der Waals surface area contributed by atoms with Crippen molar-refractivity contribution in [2.24, 2.45) is 0 Å². The largest absolute Gasteiger partial charge is 0.496 e. The summed E-state index contributed by atoms with van der Waals surface area (Å²) < 4.78 is 5.35. The van der Waals surface area contributed by atoms with Crippen LogP contribution in [0.3, 0.4) is 0 Å². The molecule has 0 aliphatic heterocycles. The molecule has 1 aromatic carbocycles. The smallest absolute Gasteiger partial charge is 0.123 e. The lowest BCUT2D eigenvalue weighted by atomic mass is 10.1. The van der Waals surface area contributed by atoms with Crippen LogP contribution in [0.4, 0.5) is 0 Å². The molecule has 0 saturated heterocycles. The summed E-state index contributed by atoms with van der Waals surface area (Å²) in [5.74, 6) is 0.980. The predicted octanol–water partition coefficient (Wildman–Crippen LogP) is 2.84. The van der Waals surface area contributed by atoms with Crippen molar-refractivity contribution in [1.29, 1.82) is 0 Å². The molecule has 0 aliphatic carbocycles. The fourth-order valence-electron chi connectivity index (χ4n) is 1.48. The number of rotatable bonds is 4. The molecular weight excluding hydrogens is 186 g/mol. The van der Waals surface area contributed by atoms with Gasteiger partial charge in [0.25, 0.3) is 0 Å². The van der Waals surface area contributed by atoms with Crippen LogP contribution in [-0.4, -0.2) is 25.1 Å². The van der Waals surface area contributed by atoms with E-state index in [-0.39, 0.29) is 0 Å². The van der Waals surface area contributed by atoms with Crippen molar-refractivity contribution in [3.8, 4) is 5.75 Å². The van der Waals surface area contributed by atoms with E-state index in [0.717, 1.165) is 12.3 Å². The van der Waals surface area contributed by atoms with E-state index < -0.39 is 0 Å². The number of ether oxygens (including phenoxy) is 1. The third kappa shape index (κ3) is 3.24. The van der Waals surface area contributed by atoms with E-state index in [1.54, 1.807) is 7.11 Å². The molecule has 0 spiro atoms. The van der Waals surface area contributed by atoms with Crippen molar-refractivity contribution in [3.63, 3.8) is 0 Å². The minimum Gasteiger partial charge on any atom is -0.496 e. The number of hydrogen-bond acceptors (Lipinski definition) is 2. The number of nitrogens with zero attached hydrogens (tertiary/aromatic N) is 1. The van der Waals surface area contributed by atoms with Gasteiger partial charge < -0.3 is 4.74 Å². The van der Waals surface area contributed by atoms with Gasteiger partial charge in [-0.2, -0.15) is 0 Å². The maximum Gasteiger partial charge on any atom is 0.123 e. The molecule has 0 aliphatic rings. The molecule has 2 heteroatoms. The van der Waals surface area contributed by atoms with Crippen molar-refractivity contribution >= 4 is 0 Å². The molecule has 0 bridgehead atoms. The van der Waals surface area contributed by atoms with Gasteiger partial charge >= 0.3 is 0 Å².